The van der Waals surface area contributed by atoms with Crippen LogP contribution in [0.1, 0.15) is 88.8 Å². The molecule has 0 N–H and O–H groups in total. The lowest BCUT2D eigenvalue weighted by atomic mass is 9.81. The van der Waals surface area contributed by atoms with Gasteiger partial charge in [-0.2, -0.15) is 0 Å². The second-order valence-electron chi connectivity index (χ2n) is 18.3. The minimum atomic E-state index is -0.903. The fraction of sp³-hybridized carbons (Fsp3) is 0.321. The normalized spacial score (nSPS) is 14.7. The molecular formula is C56H60O6. The standard InChI is InChI=1S/C56H60O6/c1-37(2)33-57-46-19-11-42(12-20-46)55(43-13-21-47(22-14-43)58-34-38(3)4)31-29-50-52(61-55)27-9-41-10-28-53-51(54(41)50)30-32-56(62-53,44-15-23-48(24-16-44)59-35-39(5)6)45-17-25-49(26-18-45)60-36-40(7)8/h9-32,37-40H,33-36H2,1-8H3. The zero-order chi connectivity index (χ0) is 43.4. The first-order valence-electron chi connectivity index (χ1n) is 22.2. The molecule has 6 heteroatoms. The monoisotopic (exact) mass is 828 g/mol. The summed E-state index contributed by atoms with van der Waals surface area (Å²) in [5, 5.41) is 2.17. The van der Waals surface area contributed by atoms with Gasteiger partial charge < -0.3 is 28.4 Å². The molecule has 0 bridgehead atoms. The molecule has 0 atom stereocenters. The maximum absolute atomic E-state index is 7.28. The molecule has 62 heavy (non-hydrogen) atoms. The Hall–Kier alpha value is -6.14. The summed E-state index contributed by atoms with van der Waals surface area (Å²) in [5.74, 6) is 6.62. The van der Waals surface area contributed by atoms with Gasteiger partial charge in [0.25, 0.3) is 0 Å². The molecule has 0 saturated heterocycles. The summed E-state index contributed by atoms with van der Waals surface area (Å²) in [6.07, 6.45) is 8.81. The SMILES string of the molecule is CC(C)COc1ccc(C2(c3ccc(OCC(C)C)cc3)C=Cc3c(ccc4ccc5c(c34)C=CC(c3ccc(OCC(C)C)cc3)(c3ccc(OCC(C)C)cc3)O5)O2)cc1. The molecule has 0 aliphatic carbocycles. The van der Waals surface area contributed by atoms with Crippen LogP contribution in [0.4, 0.5) is 0 Å². The first-order chi connectivity index (χ1) is 29.9. The van der Waals surface area contributed by atoms with Crippen molar-refractivity contribution in [2.24, 2.45) is 23.7 Å². The lowest BCUT2D eigenvalue weighted by Crippen LogP contribution is -2.35. The Morgan fingerprint density at radius 3 is 0.903 bits per heavy atom. The van der Waals surface area contributed by atoms with Crippen LogP contribution in [0.3, 0.4) is 0 Å². The summed E-state index contributed by atoms with van der Waals surface area (Å²) in [4.78, 5) is 0. The van der Waals surface area contributed by atoms with E-state index >= 15 is 0 Å². The second-order valence-corrected chi connectivity index (χ2v) is 18.3. The van der Waals surface area contributed by atoms with Gasteiger partial charge in [-0.15, -0.1) is 0 Å². The van der Waals surface area contributed by atoms with Crippen LogP contribution in [0, 0.1) is 23.7 Å². The molecule has 0 fully saturated rings. The summed E-state index contributed by atoms with van der Waals surface area (Å²) in [5.41, 5.74) is 4.19. The summed E-state index contributed by atoms with van der Waals surface area (Å²) >= 11 is 0. The highest BCUT2D eigenvalue weighted by molar-refractivity contribution is 6.02. The van der Waals surface area contributed by atoms with Gasteiger partial charge in [0, 0.05) is 38.8 Å². The maximum atomic E-state index is 7.28. The van der Waals surface area contributed by atoms with Crippen molar-refractivity contribution in [2.75, 3.05) is 26.4 Å². The van der Waals surface area contributed by atoms with Gasteiger partial charge in [-0.25, -0.2) is 0 Å². The Morgan fingerprint density at radius 2 is 0.645 bits per heavy atom. The Kier molecular flexibility index (Phi) is 12.4. The van der Waals surface area contributed by atoms with Crippen molar-refractivity contribution in [3.8, 4) is 34.5 Å². The topological polar surface area (TPSA) is 55.4 Å². The van der Waals surface area contributed by atoms with Crippen molar-refractivity contribution in [2.45, 2.75) is 66.6 Å². The lowest BCUT2D eigenvalue weighted by Gasteiger charge is -2.38. The Balaban J connectivity index is 1.19. The van der Waals surface area contributed by atoms with Crippen LogP contribution in [-0.4, -0.2) is 26.4 Å². The first kappa shape index (κ1) is 42.5. The van der Waals surface area contributed by atoms with Crippen molar-refractivity contribution < 1.29 is 28.4 Å². The lowest BCUT2D eigenvalue weighted by molar-refractivity contribution is 0.160. The molecular weight excluding hydrogens is 769 g/mol. The van der Waals surface area contributed by atoms with E-state index < -0.39 is 11.2 Å². The molecule has 6 nitrogen and oxygen atoms in total. The molecule has 6 aromatic carbocycles. The zero-order valence-corrected chi connectivity index (χ0v) is 37.4. The largest absolute Gasteiger partial charge is 0.493 e. The van der Waals surface area contributed by atoms with E-state index in [-0.39, 0.29) is 0 Å². The predicted molar refractivity (Wildman–Crippen MR) is 252 cm³/mol. The third-order valence-corrected chi connectivity index (χ3v) is 11.2. The Bertz CT molecular complexity index is 2220. The van der Waals surface area contributed by atoms with E-state index in [0.717, 1.165) is 78.7 Å². The molecule has 0 spiro atoms. The van der Waals surface area contributed by atoms with Crippen LogP contribution >= 0.6 is 0 Å². The van der Waals surface area contributed by atoms with Crippen molar-refractivity contribution in [3.05, 3.63) is 167 Å². The quantitative estimate of drug-likeness (QED) is 0.0969. The fourth-order valence-electron chi connectivity index (χ4n) is 7.96. The van der Waals surface area contributed by atoms with Gasteiger partial charge in [-0.3, -0.25) is 0 Å². The third-order valence-electron chi connectivity index (χ3n) is 11.2. The molecule has 0 aromatic heterocycles. The smallest absolute Gasteiger partial charge is 0.178 e. The minimum absolute atomic E-state index is 0.429. The zero-order valence-electron chi connectivity index (χ0n) is 37.4. The van der Waals surface area contributed by atoms with Crippen LogP contribution < -0.4 is 28.4 Å². The van der Waals surface area contributed by atoms with E-state index in [1.807, 2.05) is 48.5 Å². The number of hydrogen-bond donors (Lipinski definition) is 0. The van der Waals surface area contributed by atoms with E-state index in [9.17, 15) is 0 Å². The number of benzene rings is 6. The van der Waals surface area contributed by atoms with Crippen molar-refractivity contribution in [3.63, 3.8) is 0 Å². The molecule has 0 unspecified atom stereocenters. The highest BCUT2D eigenvalue weighted by atomic mass is 16.5. The van der Waals surface area contributed by atoms with E-state index in [1.165, 1.54) is 0 Å². The summed E-state index contributed by atoms with van der Waals surface area (Å²) in [6, 6.07) is 41.7. The number of hydrogen-bond acceptors (Lipinski definition) is 6. The average Bonchev–Trinajstić information content (AvgIpc) is 3.28. The molecule has 0 radical (unpaired) electrons. The summed E-state index contributed by atoms with van der Waals surface area (Å²) < 4.78 is 38.9. The Labute approximate surface area is 368 Å². The average molecular weight is 829 g/mol. The molecule has 320 valence electrons. The molecule has 2 heterocycles. The van der Waals surface area contributed by atoms with Gasteiger partial charge in [0.05, 0.1) is 26.4 Å². The number of ether oxygens (including phenoxy) is 6. The van der Waals surface area contributed by atoms with Crippen LogP contribution in [0.5, 0.6) is 34.5 Å². The van der Waals surface area contributed by atoms with Crippen LogP contribution in [-0.2, 0) is 11.2 Å². The maximum Gasteiger partial charge on any atom is 0.178 e. The van der Waals surface area contributed by atoms with Crippen molar-refractivity contribution >= 4 is 22.9 Å². The third kappa shape index (κ3) is 8.92. The van der Waals surface area contributed by atoms with E-state index in [2.05, 4.69) is 152 Å². The van der Waals surface area contributed by atoms with Gasteiger partial charge in [-0.1, -0.05) is 116 Å². The summed E-state index contributed by atoms with van der Waals surface area (Å²) in [7, 11) is 0. The van der Waals surface area contributed by atoms with Gasteiger partial charge in [0.1, 0.15) is 34.5 Å². The van der Waals surface area contributed by atoms with Crippen LogP contribution in [0.25, 0.3) is 22.9 Å². The highest BCUT2D eigenvalue weighted by Crippen LogP contribution is 2.49. The molecule has 6 aromatic rings. The second kappa shape index (κ2) is 18.1. The van der Waals surface area contributed by atoms with Gasteiger partial charge in [0.15, 0.2) is 11.2 Å². The molecule has 8 rings (SSSR count). The number of fused-ring (bicyclic) bond motifs is 5. The fourth-order valence-corrected chi connectivity index (χ4v) is 7.96. The van der Waals surface area contributed by atoms with Gasteiger partial charge >= 0.3 is 0 Å². The van der Waals surface area contributed by atoms with Crippen LogP contribution in [0.2, 0.25) is 0 Å². The van der Waals surface area contributed by atoms with E-state index in [0.29, 0.717) is 50.1 Å². The summed E-state index contributed by atoms with van der Waals surface area (Å²) in [6.45, 7) is 19.9. The molecule has 2 aliphatic heterocycles. The van der Waals surface area contributed by atoms with Gasteiger partial charge in [-0.05, 0) is 114 Å². The van der Waals surface area contributed by atoms with E-state index in [1.54, 1.807) is 0 Å². The van der Waals surface area contributed by atoms with Gasteiger partial charge in [0.2, 0.25) is 0 Å². The van der Waals surface area contributed by atoms with Crippen LogP contribution in [0.15, 0.2) is 133 Å². The Morgan fingerprint density at radius 1 is 0.371 bits per heavy atom. The molecule has 2 aliphatic rings. The predicted octanol–water partition coefficient (Wildman–Crippen LogP) is 13.7. The molecule has 0 saturated carbocycles. The minimum Gasteiger partial charge on any atom is -0.493 e. The van der Waals surface area contributed by atoms with Crippen molar-refractivity contribution in [1.29, 1.82) is 0 Å². The first-order valence-corrected chi connectivity index (χ1v) is 22.2. The molecule has 0 amide bonds. The number of rotatable bonds is 16. The highest BCUT2D eigenvalue weighted by Gasteiger charge is 2.40. The van der Waals surface area contributed by atoms with E-state index in [4.69, 9.17) is 28.4 Å². The van der Waals surface area contributed by atoms with Crippen molar-refractivity contribution in [1.82, 2.24) is 0 Å².